The molecule has 0 aliphatic heterocycles. The Morgan fingerprint density at radius 3 is 2.55 bits per heavy atom. The molecule has 20 heavy (non-hydrogen) atoms. The minimum Gasteiger partial charge on any atom is -0.309 e. The highest BCUT2D eigenvalue weighted by Gasteiger charge is 2.39. The summed E-state index contributed by atoms with van der Waals surface area (Å²) >= 11 is 1.26. The normalized spacial score (nSPS) is 27.2. The summed E-state index contributed by atoms with van der Waals surface area (Å²) < 4.78 is 39.2. The zero-order chi connectivity index (χ0) is 14.3. The zero-order valence-electron chi connectivity index (χ0n) is 11.5. The van der Waals surface area contributed by atoms with E-state index < -0.39 is 11.9 Å². The van der Waals surface area contributed by atoms with Gasteiger partial charge in [0.25, 0.3) is 0 Å². The Kier molecular flexibility index (Phi) is 3.79. The van der Waals surface area contributed by atoms with Crippen LogP contribution in [0.3, 0.4) is 0 Å². The van der Waals surface area contributed by atoms with Crippen LogP contribution < -0.4 is 5.32 Å². The molecule has 3 rings (SSSR count). The highest BCUT2D eigenvalue weighted by atomic mass is 32.1. The van der Waals surface area contributed by atoms with Crippen molar-refractivity contribution in [1.29, 1.82) is 0 Å². The summed E-state index contributed by atoms with van der Waals surface area (Å²) in [6, 6.07) is 0.410. The summed E-state index contributed by atoms with van der Waals surface area (Å²) in [5.41, 5.74) is -0.662. The van der Waals surface area contributed by atoms with Gasteiger partial charge in [0, 0.05) is 18.5 Å². The Morgan fingerprint density at radius 1 is 1.25 bits per heavy atom. The van der Waals surface area contributed by atoms with Crippen LogP contribution in [-0.4, -0.2) is 11.0 Å². The second-order valence-corrected chi connectivity index (χ2v) is 7.21. The van der Waals surface area contributed by atoms with Crippen LogP contribution in [0, 0.1) is 5.92 Å². The van der Waals surface area contributed by atoms with Crippen LogP contribution in [0.2, 0.25) is 0 Å². The van der Waals surface area contributed by atoms with Gasteiger partial charge in [-0.05, 0) is 31.6 Å². The monoisotopic (exact) mass is 304 g/mol. The van der Waals surface area contributed by atoms with Crippen LogP contribution in [0.25, 0.3) is 0 Å². The largest absolute Gasteiger partial charge is 0.434 e. The first kappa shape index (κ1) is 14.3. The van der Waals surface area contributed by atoms with E-state index in [1.807, 2.05) is 0 Å². The highest BCUT2D eigenvalue weighted by Crippen LogP contribution is 2.43. The summed E-state index contributed by atoms with van der Waals surface area (Å²) in [6.45, 7) is 2.47. The fourth-order valence-electron chi connectivity index (χ4n) is 2.84. The van der Waals surface area contributed by atoms with Crippen molar-refractivity contribution in [3.63, 3.8) is 0 Å². The topological polar surface area (TPSA) is 24.9 Å². The number of hydrogen-bond donors (Lipinski definition) is 1. The maximum Gasteiger partial charge on any atom is 0.434 e. The molecule has 0 bridgehead atoms. The van der Waals surface area contributed by atoms with Gasteiger partial charge < -0.3 is 5.32 Å². The number of thiazole rings is 1. The Bertz CT molecular complexity index is 479. The number of aromatic nitrogens is 1. The smallest absolute Gasteiger partial charge is 0.309 e. The Hall–Kier alpha value is -0.620. The summed E-state index contributed by atoms with van der Waals surface area (Å²) in [4.78, 5) is 4.31. The van der Waals surface area contributed by atoms with Gasteiger partial charge in [-0.2, -0.15) is 13.2 Å². The zero-order valence-corrected chi connectivity index (χ0v) is 12.3. The van der Waals surface area contributed by atoms with Crippen molar-refractivity contribution in [2.75, 3.05) is 0 Å². The molecule has 112 valence electrons. The Balaban J connectivity index is 1.80. The first-order chi connectivity index (χ1) is 9.43. The summed E-state index contributed by atoms with van der Waals surface area (Å²) in [5, 5.41) is 3.86. The van der Waals surface area contributed by atoms with Gasteiger partial charge in [0.05, 0.1) is 9.88 Å². The first-order valence-corrected chi connectivity index (χ1v) is 8.05. The molecule has 2 aliphatic carbocycles. The fourth-order valence-corrected chi connectivity index (χ4v) is 4.03. The van der Waals surface area contributed by atoms with Crippen molar-refractivity contribution in [1.82, 2.24) is 10.3 Å². The van der Waals surface area contributed by atoms with E-state index in [9.17, 15) is 13.2 Å². The molecule has 2 nitrogen and oxygen atoms in total. The van der Waals surface area contributed by atoms with E-state index in [4.69, 9.17) is 0 Å². The molecule has 6 heteroatoms. The van der Waals surface area contributed by atoms with Gasteiger partial charge in [0.1, 0.15) is 0 Å². The van der Waals surface area contributed by atoms with Gasteiger partial charge in [-0.25, -0.2) is 4.98 Å². The van der Waals surface area contributed by atoms with E-state index in [1.54, 1.807) is 0 Å². The summed E-state index contributed by atoms with van der Waals surface area (Å²) in [5.74, 6) is 0.831. The lowest BCUT2D eigenvalue weighted by molar-refractivity contribution is -0.141. The van der Waals surface area contributed by atoms with Crippen LogP contribution >= 0.6 is 11.3 Å². The van der Waals surface area contributed by atoms with Crippen molar-refractivity contribution >= 4 is 11.3 Å². The molecular formula is C14H19F3N2S. The lowest BCUT2D eigenvalue weighted by atomic mass is 10.1. The van der Waals surface area contributed by atoms with E-state index in [1.165, 1.54) is 11.3 Å². The molecule has 2 saturated carbocycles. The standard InChI is InChI=1S/C14H19F3N2S/c1-8-2-3-9(6-8)13-19-12(14(15,16)17)11(20-13)7-18-10-4-5-10/h8-10,18H,2-7H2,1H3. The predicted octanol–water partition coefficient (Wildman–Crippen LogP) is 4.32. The lowest BCUT2D eigenvalue weighted by Gasteiger charge is -2.06. The van der Waals surface area contributed by atoms with Crippen molar-refractivity contribution < 1.29 is 13.2 Å². The molecule has 1 aromatic rings. The van der Waals surface area contributed by atoms with Gasteiger partial charge in [-0.1, -0.05) is 13.3 Å². The van der Waals surface area contributed by atoms with Crippen LogP contribution in [0.1, 0.15) is 60.5 Å². The second kappa shape index (κ2) is 5.30. The Morgan fingerprint density at radius 2 is 2.00 bits per heavy atom. The van der Waals surface area contributed by atoms with Crippen molar-refractivity contribution in [2.24, 2.45) is 5.92 Å². The molecule has 2 fully saturated rings. The molecule has 0 saturated heterocycles. The first-order valence-electron chi connectivity index (χ1n) is 7.23. The van der Waals surface area contributed by atoms with Crippen LogP contribution in [0.5, 0.6) is 0 Å². The third-order valence-corrected chi connectivity index (χ3v) is 5.37. The van der Waals surface area contributed by atoms with E-state index in [-0.39, 0.29) is 5.92 Å². The van der Waals surface area contributed by atoms with E-state index in [0.717, 1.165) is 32.1 Å². The predicted molar refractivity (Wildman–Crippen MR) is 72.7 cm³/mol. The van der Waals surface area contributed by atoms with Crippen LogP contribution in [0.15, 0.2) is 0 Å². The number of nitrogens with one attached hydrogen (secondary N) is 1. The third kappa shape index (κ3) is 3.17. The van der Waals surface area contributed by atoms with Crippen LogP contribution in [-0.2, 0) is 12.7 Å². The molecule has 0 aromatic carbocycles. The molecule has 2 atom stereocenters. The van der Waals surface area contributed by atoms with Crippen LogP contribution in [0.4, 0.5) is 13.2 Å². The number of alkyl halides is 3. The van der Waals surface area contributed by atoms with Crippen molar-refractivity contribution in [3.05, 3.63) is 15.6 Å². The molecule has 2 unspecified atom stereocenters. The van der Waals surface area contributed by atoms with Gasteiger partial charge in [0.15, 0.2) is 5.69 Å². The third-order valence-electron chi connectivity index (χ3n) is 4.16. The highest BCUT2D eigenvalue weighted by molar-refractivity contribution is 7.11. The molecule has 2 aliphatic rings. The molecule has 1 N–H and O–H groups in total. The van der Waals surface area contributed by atoms with Gasteiger partial charge >= 0.3 is 6.18 Å². The molecule has 0 radical (unpaired) electrons. The molecule has 0 amide bonds. The van der Waals surface area contributed by atoms with E-state index >= 15 is 0 Å². The molecule has 1 aromatic heterocycles. The number of nitrogens with zero attached hydrogens (tertiary/aromatic N) is 1. The van der Waals surface area contributed by atoms with Gasteiger partial charge in [-0.15, -0.1) is 11.3 Å². The lowest BCUT2D eigenvalue weighted by Crippen LogP contribution is -2.18. The second-order valence-electron chi connectivity index (χ2n) is 6.09. The minimum atomic E-state index is -4.33. The van der Waals surface area contributed by atoms with E-state index in [0.29, 0.717) is 28.4 Å². The van der Waals surface area contributed by atoms with E-state index in [2.05, 4.69) is 17.2 Å². The van der Waals surface area contributed by atoms with Gasteiger partial charge in [0.2, 0.25) is 0 Å². The number of hydrogen-bond acceptors (Lipinski definition) is 3. The number of rotatable bonds is 4. The molecule has 0 spiro atoms. The average Bonchev–Trinajstić information content (AvgIpc) is 2.91. The average molecular weight is 304 g/mol. The van der Waals surface area contributed by atoms with Gasteiger partial charge in [-0.3, -0.25) is 0 Å². The molecule has 1 heterocycles. The molecular weight excluding hydrogens is 285 g/mol. The fraction of sp³-hybridized carbons (Fsp3) is 0.786. The Labute approximate surface area is 120 Å². The summed E-state index contributed by atoms with van der Waals surface area (Å²) in [6.07, 6.45) is 0.864. The maximum absolute atomic E-state index is 13.1. The maximum atomic E-state index is 13.1. The quantitative estimate of drug-likeness (QED) is 0.896. The number of halogens is 3. The minimum absolute atomic E-state index is 0.228. The van der Waals surface area contributed by atoms with Crippen molar-refractivity contribution in [3.8, 4) is 0 Å². The SMILES string of the molecule is CC1CCC(c2nc(C(F)(F)F)c(CNC3CC3)s2)C1. The summed E-state index contributed by atoms with van der Waals surface area (Å²) in [7, 11) is 0. The van der Waals surface area contributed by atoms with Crippen molar-refractivity contribution in [2.45, 2.75) is 63.7 Å².